The number of sulfonamides is 1. The smallest absolute Gasteiger partial charge is 0.251 e. The second-order valence-corrected chi connectivity index (χ2v) is 8.11. The van der Waals surface area contributed by atoms with Crippen molar-refractivity contribution >= 4 is 15.9 Å². The number of benzene rings is 2. The quantitative estimate of drug-likeness (QED) is 0.735. The summed E-state index contributed by atoms with van der Waals surface area (Å²) < 4.78 is 45.4. The number of nitrogens with zero attached hydrogens (tertiary/aromatic N) is 1. The third-order valence-corrected chi connectivity index (χ3v) is 6.18. The highest BCUT2D eigenvalue weighted by Crippen LogP contribution is 2.21. The molecule has 0 unspecified atom stereocenters. The second kappa shape index (κ2) is 8.49. The Kier molecular flexibility index (Phi) is 6.08. The average Bonchev–Trinajstić information content (AvgIpc) is 3.22. The van der Waals surface area contributed by atoms with Gasteiger partial charge < -0.3 is 10.1 Å². The molecule has 2 aromatic carbocycles. The van der Waals surface area contributed by atoms with Crippen LogP contribution < -0.4 is 10.1 Å². The third kappa shape index (κ3) is 4.64. The molecule has 0 spiro atoms. The summed E-state index contributed by atoms with van der Waals surface area (Å²) in [5.74, 6) is -0.764. The highest BCUT2D eigenvalue weighted by atomic mass is 32.2. The minimum Gasteiger partial charge on any atom is -0.489 e. The van der Waals surface area contributed by atoms with Crippen LogP contribution in [0.15, 0.2) is 53.4 Å². The number of hydrogen-bond donors (Lipinski definition) is 1. The van der Waals surface area contributed by atoms with Gasteiger partial charge >= 0.3 is 0 Å². The maximum atomic E-state index is 13.5. The summed E-state index contributed by atoms with van der Waals surface area (Å²) in [5.41, 5.74) is 0.251. The SMILES string of the molecule is O=C(NCCOc1ccccc1F)c1cccc(S(=O)(=O)N2CCCC2)c1. The molecule has 0 radical (unpaired) electrons. The molecule has 1 aliphatic rings. The first-order valence-corrected chi connectivity index (χ1v) is 10.2. The number of amides is 1. The third-order valence-electron chi connectivity index (χ3n) is 4.28. The summed E-state index contributed by atoms with van der Waals surface area (Å²) in [6.07, 6.45) is 1.70. The van der Waals surface area contributed by atoms with Crippen molar-refractivity contribution in [2.45, 2.75) is 17.7 Å². The number of halogens is 1. The van der Waals surface area contributed by atoms with Gasteiger partial charge in [0.05, 0.1) is 11.4 Å². The highest BCUT2D eigenvalue weighted by molar-refractivity contribution is 7.89. The number of carbonyl (C=O) groups is 1. The van der Waals surface area contributed by atoms with Gasteiger partial charge in [-0.05, 0) is 43.2 Å². The molecule has 1 fully saturated rings. The predicted octanol–water partition coefficient (Wildman–Crippen LogP) is 2.42. The molecule has 1 saturated heterocycles. The number of rotatable bonds is 7. The largest absolute Gasteiger partial charge is 0.489 e. The van der Waals surface area contributed by atoms with Gasteiger partial charge in [-0.2, -0.15) is 4.31 Å². The van der Waals surface area contributed by atoms with Crippen LogP contribution in [0.3, 0.4) is 0 Å². The van der Waals surface area contributed by atoms with Gasteiger partial charge in [-0.15, -0.1) is 0 Å². The summed E-state index contributed by atoms with van der Waals surface area (Å²) in [7, 11) is -3.57. The fourth-order valence-corrected chi connectivity index (χ4v) is 4.43. The Morgan fingerprint density at radius 1 is 1.11 bits per heavy atom. The lowest BCUT2D eigenvalue weighted by Gasteiger charge is -2.16. The Balaban J connectivity index is 1.58. The molecule has 0 atom stereocenters. The van der Waals surface area contributed by atoms with Crippen molar-refractivity contribution in [3.63, 3.8) is 0 Å². The van der Waals surface area contributed by atoms with Crippen molar-refractivity contribution < 1.29 is 22.3 Å². The number of carbonyl (C=O) groups excluding carboxylic acids is 1. The molecule has 1 N–H and O–H groups in total. The van der Waals surface area contributed by atoms with Crippen molar-refractivity contribution in [1.82, 2.24) is 9.62 Å². The molecule has 8 heteroatoms. The maximum Gasteiger partial charge on any atom is 0.251 e. The van der Waals surface area contributed by atoms with Crippen molar-refractivity contribution in [2.24, 2.45) is 0 Å². The van der Waals surface area contributed by atoms with Gasteiger partial charge in [-0.3, -0.25) is 4.79 Å². The van der Waals surface area contributed by atoms with Crippen LogP contribution in [0.5, 0.6) is 5.75 Å². The van der Waals surface area contributed by atoms with Crippen molar-refractivity contribution in [2.75, 3.05) is 26.2 Å². The normalized spacial score (nSPS) is 14.9. The van der Waals surface area contributed by atoms with Crippen molar-refractivity contribution in [1.29, 1.82) is 0 Å². The van der Waals surface area contributed by atoms with Crippen LogP contribution in [-0.4, -0.2) is 44.9 Å². The predicted molar refractivity (Wildman–Crippen MR) is 98.7 cm³/mol. The molecule has 3 rings (SSSR count). The molecule has 1 aliphatic heterocycles. The van der Waals surface area contributed by atoms with E-state index >= 15 is 0 Å². The zero-order valence-corrected chi connectivity index (χ0v) is 15.5. The van der Waals surface area contributed by atoms with Crippen LogP contribution in [0.1, 0.15) is 23.2 Å². The molecular formula is C19H21FN2O4S. The Bertz CT molecular complexity index is 911. The van der Waals surface area contributed by atoms with Gasteiger partial charge in [-0.1, -0.05) is 18.2 Å². The Labute approximate surface area is 158 Å². The molecule has 0 aliphatic carbocycles. The minimum absolute atomic E-state index is 0.0957. The monoisotopic (exact) mass is 392 g/mol. The zero-order chi connectivity index (χ0) is 19.3. The van der Waals surface area contributed by atoms with E-state index in [9.17, 15) is 17.6 Å². The average molecular weight is 392 g/mol. The molecular weight excluding hydrogens is 371 g/mol. The van der Waals surface area contributed by atoms with E-state index in [0.29, 0.717) is 13.1 Å². The number of para-hydroxylation sites is 1. The van der Waals surface area contributed by atoms with E-state index in [0.717, 1.165) is 12.8 Å². The van der Waals surface area contributed by atoms with E-state index in [1.54, 1.807) is 24.3 Å². The maximum absolute atomic E-state index is 13.5. The fourth-order valence-electron chi connectivity index (χ4n) is 2.86. The van der Waals surface area contributed by atoms with Gasteiger partial charge in [0.2, 0.25) is 10.0 Å². The molecule has 144 valence electrons. The van der Waals surface area contributed by atoms with Gasteiger partial charge in [0.25, 0.3) is 5.91 Å². The molecule has 0 aromatic heterocycles. The summed E-state index contributed by atoms with van der Waals surface area (Å²) in [6.45, 7) is 1.27. The van der Waals surface area contributed by atoms with E-state index in [1.807, 2.05) is 0 Å². The van der Waals surface area contributed by atoms with E-state index in [1.165, 1.54) is 28.6 Å². The van der Waals surface area contributed by atoms with E-state index < -0.39 is 21.7 Å². The Morgan fingerprint density at radius 2 is 1.85 bits per heavy atom. The van der Waals surface area contributed by atoms with Crippen LogP contribution in [0.4, 0.5) is 4.39 Å². The first kappa shape index (κ1) is 19.3. The van der Waals surface area contributed by atoms with E-state index in [4.69, 9.17) is 4.74 Å². The topological polar surface area (TPSA) is 75.7 Å². The number of ether oxygens (including phenoxy) is 1. The lowest BCUT2D eigenvalue weighted by atomic mass is 10.2. The van der Waals surface area contributed by atoms with E-state index in [2.05, 4.69) is 5.32 Å². The molecule has 0 bridgehead atoms. The van der Waals surface area contributed by atoms with Gasteiger partial charge in [0, 0.05) is 18.7 Å². The standard InChI is InChI=1S/C19H21FN2O4S/c20-17-8-1-2-9-18(17)26-13-10-21-19(23)15-6-5-7-16(14-15)27(24,25)22-11-3-4-12-22/h1-2,5-9,14H,3-4,10-13H2,(H,21,23). The summed E-state index contributed by atoms with van der Waals surface area (Å²) >= 11 is 0. The van der Waals surface area contributed by atoms with Crippen molar-refractivity contribution in [3.8, 4) is 5.75 Å². The highest BCUT2D eigenvalue weighted by Gasteiger charge is 2.27. The summed E-state index contributed by atoms with van der Waals surface area (Å²) in [4.78, 5) is 12.4. The Hall–Kier alpha value is -2.45. The Morgan fingerprint density at radius 3 is 2.59 bits per heavy atom. The molecule has 1 heterocycles. The van der Waals surface area contributed by atoms with Gasteiger partial charge in [0.15, 0.2) is 11.6 Å². The van der Waals surface area contributed by atoms with Crippen LogP contribution in [-0.2, 0) is 10.0 Å². The lowest BCUT2D eigenvalue weighted by Crippen LogP contribution is -2.30. The first-order valence-electron chi connectivity index (χ1n) is 8.74. The summed E-state index contributed by atoms with van der Waals surface area (Å²) in [5, 5.41) is 2.64. The molecule has 6 nitrogen and oxygen atoms in total. The molecule has 1 amide bonds. The van der Waals surface area contributed by atoms with Gasteiger partial charge in [-0.25, -0.2) is 12.8 Å². The number of hydrogen-bond acceptors (Lipinski definition) is 4. The summed E-state index contributed by atoms with van der Waals surface area (Å²) in [6, 6.07) is 12.0. The van der Waals surface area contributed by atoms with Crippen LogP contribution >= 0.6 is 0 Å². The molecule has 2 aromatic rings. The van der Waals surface area contributed by atoms with Crippen LogP contribution in [0.2, 0.25) is 0 Å². The molecule has 27 heavy (non-hydrogen) atoms. The molecule has 0 saturated carbocycles. The van der Waals surface area contributed by atoms with Crippen molar-refractivity contribution in [3.05, 3.63) is 59.9 Å². The van der Waals surface area contributed by atoms with Crippen LogP contribution in [0, 0.1) is 5.82 Å². The zero-order valence-electron chi connectivity index (χ0n) is 14.7. The van der Waals surface area contributed by atoms with Crippen LogP contribution in [0.25, 0.3) is 0 Å². The van der Waals surface area contributed by atoms with Gasteiger partial charge in [0.1, 0.15) is 6.61 Å². The fraction of sp³-hybridized carbons (Fsp3) is 0.316. The second-order valence-electron chi connectivity index (χ2n) is 6.17. The first-order chi connectivity index (χ1) is 13.0. The minimum atomic E-state index is -3.57. The lowest BCUT2D eigenvalue weighted by molar-refractivity contribution is 0.0946. The number of nitrogens with one attached hydrogen (secondary N) is 1. The van der Waals surface area contributed by atoms with E-state index in [-0.39, 0.29) is 29.4 Å².